The van der Waals surface area contributed by atoms with Gasteiger partial charge in [0.25, 0.3) is 0 Å². The van der Waals surface area contributed by atoms with Crippen molar-refractivity contribution in [3.63, 3.8) is 0 Å². The molecule has 1 aromatic carbocycles. The van der Waals surface area contributed by atoms with Crippen molar-refractivity contribution < 1.29 is 0 Å². The Morgan fingerprint density at radius 2 is 2.00 bits per heavy atom. The van der Waals surface area contributed by atoms with Gasteiger partial charge in [-0.3, -0.25) is 5.10 Å². The summed E-state index contributed by atoms with van der Waals surface area (Å²) in [4.78, 5) is 0. The van der Waals surface area contributed by atoms with E-state index in [-0.39, 0.29) is 0 Å². The number of hydrogen-bond acceptors (Lipinski definition) is 3. The van der Waals surface area contributed by atoms with Crippen LogP contribution in [0.5, 0.6) is 0 Å². The monoisotopic (exact) mass is 174 g/mol. The summed E-state index contributed by atoms with van der Waals surface area (Å²) in [5, 5.41) is 13.2. The topological polar surface area (TPSA) is 53.6 Å². The summed E-state index contributed by atoms with van der Waals surface area (Å²) < 4.78 is 0. The van der Waals surface area contributed by atoms with Gasteiger partial charge in [0.2, 0.25) is 0 Å². The van der Waals surface area contributed by atoms with Gasteiger partial charge in [-0.2, -0.15) is 0 Å². The minimum Gasteiger partial charge on any atom is -0.337 e. The zero-order chi connectivity index (χ0) is 9.10. The lowest BCUT2D eigenvalue weighted by Gasteiger charge is -2.01. The normalized spacial score (nSPS) is 9.92. The SMILES string of the molecule is Cc1ccc(Nc2c[nH]nn2)cc1. The van der Waals surface area contributed by atoms with E-state index in [2.05, 4.69) is 27.7 Å². The first-order valence-electron chi connectivity index (χ1n) is 4.05. The molecule has 0 radical (unpaired) electrons. The van der Waals surface area contributed by atoms with Gasteiger partial charge in [-0.25, -0.2) is 0 Å². The number of H-pyrrole nitrogens is 1. The summed E-state index contributed by atoms with van der Waals surface area (Å²) in [5.41, 5.74) is 2.25. The number of benzene rings is 1. The fraction of sp³-hybridized carbons (Fsp3) is 0.111. The van der Waals surface area contributed by atoms with Gasteiger partial charge in [0, 0.05) is 5.69 Å². The molecule has 0 unspecified atom stereocenters. The van der Waals surface area contributed by atoms with Crippen molar-refractivity contribution in [1.29, 1.82) is 0 Å². The second-order valence-corrected chi connectivity index (χ2v) is 2.85. The average molecular weight is 174 g/mol. The summed E-state index contributed by atoms with van der Waals surface area (Å²) in [6.45, 7) is 2.06. The number of hydrogen-bond donors (Lipinski definition) is 2. The van der Waals surface area contributed by atoms with Crippen molar-refractivity contribution in [2.45, 2.75) is 6.92 Å². The van der Waals surface area contributed by atoms with E-state index in [0.29, 0.717) is 0 Å². The molecule has 2 rings (SSSR count). The number of nitrogens with zero attached hydrogens (tertiary/aromatic N) is 2. The van der Waals surface area contributed by atoms with E-state index < -0.39 is 0 Å². The zero-order valence-electron chi connectivity index (χ0n) is 7.28. The second kappa shape index (κ2) is 3.26. The summed E-state index contributed by atoms with van der Waals surface area (Å²) in [6, 6.07) is 8.10. The van der Waals surface area contributed by atoms with Crippen LogP contribution in [0.2, 0.25) is 0 Å². The molecule has 4 heteroatoms. The lowest BCUT2D eigenvalue weighted by Crippen LogP contribution is -1.89. The van der Waals surface area contributed by atoms with Gasteiger partial charge < -0.3 is 5.32 Å². The first-order chi connectivity index (χ1) is 6.34. The van der Waals surface area contributed by atoms with Crippen LogP contribution in [-0.4, -0.2) is 15.4 Å². The molecular formula is C9H10N4. The van der Waals surface area contributed by atoms with Crippen LogP contribution in [0.25, 0.3) is 0 Å². The minimum atomic E-state index is 0.726. The third-order valence-electron chi connectivity index (χ3n) is 1.74. The molecule has 0 spiro atoms. The van der Waals surface area contributed by atoms with E-state index in [9.17, 15) is 0 Å². The summed E-state index contributed by atoms with van der Waals surface area (Å²) >= 11 is 0. The van der Waals surface area contributed by atoms with Crippen LogP contribution >= 0.6 is 0 Å². The van der Waals surface area contributed by atoms with Crippen molar-refractivity contribution in [2.75, 3.05) is 5.32 Å². The molecule has 4 nitrogen and oxygen atoms in total. The Balaban J connectivity index is 2.15. The van der Waals surface area contributed by atoms with Gasteiger partial charge in [-0.1, -0.05) is 22.9 Å². The molecule has 0 fully saturated rings. The predicted octanol–water partition coefficient (Wildman–Crippen LogP) is 1.86. The average Bonchev–Trinajstić information content (AvgIpc) is 2.62. The molecule has 0 saturated carbocycles. The van der Waals surface area contributed by atoms with E-state index in [4.69, 9.17) is 0 Å². The standard InChI is InChI=1S/C9H10N4/c1-7-2-4-8(5-3-7)11-9-6-10-13-12-9/h2-6H,1H3,(H2,10,11,12,13). The molecular weight excluding hydrogens is 164 g/mol. The number of aryl methyl sites for hydroxylation is 1. The molecule has 0 saturated heterocycles. The lowest BCUT2D eigenvalue weighted by molar-refractivity contribution is 0.942. The predicted molar refractivity (Wildman–Crippen MR) is 50.8 cm³/mol. The van der Waals surface area contributed by atoms with E-state index in [0.717, 1.165) is 11.5 Å². The van der Waals surface area contributed by atoms with Crippen LogP contribution in [0, 0.1) is 6.92 Å². The van der Waals surface area contributed by atoms with E-state index in [1.54, 1.807) is 6.20 Å². The van der Waals surface area contributed by atoms with Gasteiger partial charge >= 0.3 is 0 Å². The summed E-state index contributed by atoms with van der Waals surface area (Å²) in [6.07, 6.45) is 1.71. The lowest BCUT2D eigenvalue weighted by atomic mass is 10.2. The molecule has 0 aliphatic rings. The third kappa shape index (κ3) is 1.84. The Bertz CT molecular complexity index is 363. The van der Waals surface area contributed by atoms with Gasteiger partial charge in [-0.05, 0) is 19.1 Å². The first-order valence-corrected chi connectivity index (χ1v) is 4.05. The molecule has 0 bridgehead atoms. The quantitative estimate of drug-likeness (QED) is 0.730. The second-order valence-electron chi connectivity index (χ2n) is 2.85. The maximum Gasteiger partial charge on any atom is 0.172 e. The Labute approximate surface area is 76.0 Å². The molecule has 1 aromatic heterocycles. The highest BCUT2D eigenvalue weighted by Gasteiger charge is 1.95. The maximum atomic E-state index is 3.82. The van der Waals surface area contributed by atoms with E-state index in [1.165, 1.54) is 5.56 Å². The molecule has 66 valence electrons. The fourth-order valence-electron chi connectivity index (χ4n) is 1.05. The number of anilines is 2. The molecule has 0 aliphatic carbocycles. The van der Waals surface area contributed by atoms with Crippen molar-refractivity contribution in [1.82, 2.24) is 15.4 Å². The zero-order valence-corrected chi connectivity index (χ0v) is 7.28. The highest BCUT2D eigenvalue weighted by Crippen LogP contribution is 2.13. The largest absolute Gasteiger partial charge is 0.337 e. The van der Waals surface area contributed by atoms with Crippen molar-refractivity contribution >= 4 is 11.5 Å². The summed E-state index contributed by atoms with van der Waals surface area (Å²) in [5.74, 6) is 0.726. The smallest absolute Gasteiger partial charge is 0.172 e. The Morgan fingerprint density at radius 3 is 2.62 bits per heavy atom. The molecule has 2 N–H and O–H groups in total. The Kier molecular flexibility index (Phi) is 1.96. The molecule has 0 aliphatic heterocycles. The van der Waals surface area contributed by atoms with E-state index >= 15 is 0 Å². The molecule has 2 aromatic rings. The van der Waals surface area contributed by atoms with Crippen LogP contribution in [0.3, 0.4) is 0 Å². The molecule has 0 amide bonds. The fourth-order valence-corrected chi connectivity index (χ4v) is 1.05. The Hall–Kier alpha value is -1.84. The first kappa shape index (κ1) is 7.79. The van der Waals surface area contributed by atoms with Crippen LogP contribution < -0.4 is 5.32 Å². The number of rotatable bonds is 2. The summed E-state index contributed by atoms with van der Waals surface area (Å²) in [7, 11) is 0. The van der Waals surface area contributed by atoms with Crippen molar-refractivity contribution in [2.24, 2.45) is 0 Å². The van der Waals surface area contributed by atoms with Crippen molar-refractivity contribution in [3.8, 4) is 0 Å². The Morgan fingerprint density at radius 1 is 1.23 bits per heavy atom. The highest BCUT2D eigenvalue weighted by atomic mass is 15.3. The van der Waals surface area contributed by atoms with Gasteiger partial charge in [0.05, 0.1) is 6.20 Å². The number of aromatic nitrogens is 3. The molecule has 0 atom stereocenters. The van der Waals surface area contributed by atoms with Gasteiger partial charge in [0.1, 0.15) is 0 Å². The van der Waals surface area contributed by atoms with E-state index in [1.807, 2.05) is 24.3 Å². The third-order valence-corrected chi connectivity index (χ3v) is 1.74. The number of aromatic amines is 1. The van der Waals surface area contributed by atoms with Crippen LogP contribution in [-0.2, 0) is 0 Å². The molecule has 1 heterocycles. The van der Waals surface area contributed by atoms with Crippen LogP contribution in [0.4, 0.5) is 11.5 Å². The number of nitrogens with one attached hydrogen (secondary N) is 2. The maximum absolute atomic E-state index is 3.82. The minimum absolute atomic E-state index is 0.726. The van der Waals surface area contributed by atoms with Crippen LogP contribution in [0.15, 0.2) is 30.5 Å². The van der Waals surface area contributed by atoms with Crippen molar-refractivity contribution in [3.05, 3.63) is 36.0 Å². The van der Waals surface area contributed by atoms with Crippen LogP contribution in [0.1, 0.15) is 5.56 Å². The van der Waals surface area contributed by atoms with Gasteiger partial charge in [0.15, 0.2) is 5.82 Å². The molecule has 13 heavy (non-hydrogen) atoms. The highest BCUT2D eigenvalue weighted by molar-refractivity contribution is 5.54. The van der Waals surface area contributed by atoms with Gasteiger partial charge in [-0.15, -0.1) is 5.10 Å².